The van der Waals surface area contributed by atoms with Crippen molar-refractivity contribution >= 4 is 17.7 Å². The lowest BCUT2D eigenvalue weighted by Crippen LogP contribution is -2.49. The summed E-state index contributed by atoms with van der Waals surface area (Å²) in [7, 11) is 2.12. The number of carbonyl (C=O) groups is 1. The number of rotatable bonds is 8. The molecule has 31 heavy (non-hydrogen) atoms. The lowest BCUT2D eigenvalue weighted by atomic mass is 10.2. The van der Waals surface area contributed by atoms with Gasteiger partial charge in [0.05, 0.1) is 0 Å². The number of hydrogen-bond acceptors (Lipinski definition) is 4. The van der Waals surface area contributed by atoms with Gasteiger partial charge in [-0.05, 0) is 64.9 Å². The molecule has 1 aromatic rings. The number of likely N-dealkylation sites (N-methyl/N-ethyl adjacent to an activating group) is 1. The number of nitrogens with zero attached hydrogens (tertiary/aromatic N) is 3. The zero-order valence-electron chi connectivity index (χ0n) is 19.4. The van der Waals surface area contributed by atoms with Crippen LogP contribution < -0.4 is 10.6 Å². The first-order chi connectivity index (χ1) is 14.7. The molecular formula is C23H38FN5O2. The molecule has 0 bridgehead atoms. The van der Waals surface area contributed by atoms with Crippen LogP contribution in [0.5, 0.6) is 0 Å². The number of amides is 1. The van der Waals surface area contributed by atoms with E-state index in [0.29, 0.717) is 6.54 Å². The summed E-state index contributed by atoms with van der Waals surface area (Å²) >= 11 is 0. The van der Waals surface area contributed by atoms with Crippen LogP contribution in [-0.4, -0.2) is 73.8 Å². The molecule has 8 heteroatoms. The molecule has 1 aliphatic rings. The predicted molar refractivity (Wildman–Crippen MR) is 124 cm³/mol. The molecule has 2 rings (SSSR count). The topological polar surface area (TPSA) is 69.2 Å². The molecule has 1 heterocycles. The van der Waals surface area contributed by atoms with Gasteiger partial charge in [-0.25, -0.2) is 9.18 Å². The third kappa shape index (κ3) is 10.5. The number of piperazine rings is 1. The summed E-state index contributed by atoms with van der Waals surface area (Å²) < 4.78 is 18.4. The molecule has 0 aromatic heterocycles. The van der Waals surface area contributed by atoms with Crippen LogP contribution in [0.15, 0.2) is 29.3 Å². The molecule has 174 valence electrons. The maximum atomic E-state index is 13.2. The highest BCUT2D eigenvalue weighted by Gasteiger charge is 2.18. The lowest BCUT2D eigenvalue weighted by molar-refractivity contribution is 0.0527. The summed E-state index contributed by atoms with van der Waals surface area (Å²) in [4.78, 5) is 21.0. The van der Waals surface area contributed by atoms with E-state index in [1.807, 2.05) is 20.8 Å². The van der Waals surface area contributed by atoms with Crippen LogP contribution >= 0.6 is 0 Å². The standard InChI is InChI=1S/C23H38FN5O2/c1-23(2,3)31-22(30)26-14-8-6-5-7-13-25-21(29-17-15-28(4)16-18-29)27-20-11-9-19(24)10-12-20/h9-12H,5-8,13-18H2,1-4H3,(H,25,27)(H,26,30). The molecule has 0 saturated carbocycles. The Balaban J connectivity index is 1.73. The van der Waals surface area contributed by atoms with E-state index in [2.05, 4.69) is 27.5 Å². The van der Waals surface area contributed by atoms with Crippen molar-refractivity contribution in [2.24, 2.45) is 4.99 Å². The number of unbranched alkanes of at least 4 members (excludes halogenated alkanes) is 3. The van der Waals surface area contributed by atoms with Gasteiger partial charge < -0.3 is 25.2 Å². The molecule has 7 nitrogen and oxygen atoms in total. The van der Waals surface area contributed by atoms with E-state index in [-0.39, 0.29) is 11.9 Å². The van der Waals surface area contributed by atoms with Crippen LogP contribution in [0, 0.1) is 5.82 Å². The molecule has 1 aromatic carbocycles. The molecule has 2 N–H and O–H groups in total. The van der Waals surface area contributed by atoms with Gasteiger partial charge in [0.25, 0.3) is 0 Å². The Hall–Kier alpha value is -2.35. The van der Waals surface area contributed by atoms with E-state index < -0.39 is 5.60 Å². The summed E-state index contributed by atoms with van der Waals surface area (Å²) in [6.45, 7) is 10.7. The summed E-state index contributed by atoms with van der Waals surface area (Å²) in [5.41, 5.74) is 0.373. The number of anilines is 1. The molecule has 0 spiro atoms. The maximum absolute atomic E-state index is 13.2. The fourth-order valence-corrected chi connectivity index (χ4v) is 3.18. The van der Waals surface area contributed by atoms with E-state index >= 15 is 0 Å². The van der Waals surface area contributed by atoms with Crippen molar-refractivity contribution in [3.05, 3.63) is 30.1 Å². The van der Waals surface area contributed by atoms with E-state index in [9.17, 15) is 9.18 Å². The van der Waals surface area contributed by atoms with Gasteiger partial charge in [0.2, 0.25) is 0 Å². The van der Waals surface area contributed by atoms with Crippen molar-refractivity contribution < 1.29 is 13.9 Å². The smallest absolute Gasteiger partial charge is 0.407 e. The Morgan fingerprint density at radius 2 is 1.71 bits per heavy atom. The van der Waals surface area contributed by atoms with Crippen molar-refractivity contribution in [2.75, 3.05) is 51.6 Å². The quantitative estimate of drug-likeness (QED) is 0.368. The molecule has 1 aliphatic heterocycles. The zero-order valence-corrected chi connectivity index (χ0v) is 19.4. The van der Waals surface area contributed by atoms with Gasteiger partial charge >= 0.3 is 6.09 Å². The van der Waals surface area contributed by atoms with Crippen LogP contribution in [0.3, 0.4) is 0 Å². The normalized spacial score (nSPS) is 15.6. The van der Waals surface area contributed by atoms with Gasteiger partial charge in [-0.3, -0.25) is 4.99 Å². The molecule has 0 atom stereocenters. The van der Waals surface area contributed by atoms with Gasteiger partial charge in [0.15, 0.2) is 5.96 Å². The first-order valence-corrected chi connectivity index (χ1v) is 11.2. The second kappa shape index (κ2) is 12.5. The summed E-state index contributed by atoms with van der Waals surface area (Å²) in [5, 5.41) is 6.15. The molecule has 0 unspecified atom stereocenters. The second-order valence-corrected chi connectivity index (χ2v) is 8.97. The fraction of sp³-hybridized carbons (Fsp3) is 0.652. The van der Waals surface area contributed by atoms with E-state index in [1.165, 1.54) is 12.1 Å². The largest absolute Gasteiger partial charge is 0.444 e. The minimum absolute atomic E-state index is 0.246. The minimum Gasteiger partial charge on any atom is -0.444 e. The number of halogens is 1. The van der Waals surface area contributed by atoms with Gasteiger partial charge in [-0.15, -0.1) is 0 Å². The number of benzene rings is 1. The first-order valence-electron chi connectivity index (χ1n) is 11.2. The lowest BCUT2D eigenvalue weighted by Gasteiger charge is -2.34. The first kappa shape index (κ1) is 24.9. The average molecular weight is 436 g/mol. The predicted octanol–water partition coefficient (Wildman–Crippen LogP) is 3.93. The number of hydrogen-bond donors (Lipinski definition) is 2. The van der Waals surface area contributed by atoms with E-state index in [1.54, 1.807) is 12.1 Å². The summed E-state index contributed by atoms with van der Waals surface area (Å²) in [5.74, 6) is 0.607. The van der Waals surface area contributed by atoms with Crippen molar-refractivity contribution in [2.45, 2.75) is 52.1 Å². The Kier molecular flexibility index (Phi) is 10.0. The van der Waals surface area contributed by atoms with Crippen LogP contribution in [-0.2, 0) is 4.74 Å². The fourth-order valence-electron chi connectivity index (χ4n) is 3.18. The molecule has 0 aliphatic carbocycles. The van der Waals surface area contributed by atoms with Crippen molar-refractivity contribution in [1.82, 2.24) is 15.1 Å². The SMILES string of the molecule is CN1CCN(C(=NCCCCCCNC(=O)OC(C)(C)C)Nc2ccc(F)cc2)CC1. The van der Waals surface area contributed by atoms with Crippen LogP contribution in [0.25, 0.3) is 0 Å². The van der Waals surface area contributed by atoms with Gasteiger partial charge in [-0.1, -0.05) is 12.8 Å². The van der Waals surface area contributed by atoms with Gasteiger partial charge in [0, 0.05) is 45.0 Å². The Labute approximate surface area is 186 Å². The third-order valence-electron chi connectivity index (χ3n) is 4.92. The highest BCUT2D eigenvalue weighted by Crippen LogP contribution is 2.11. The number of carbonyl (C=O) groups excluding carboxylic acids is 1. The van der Waals surface area contributed by atoms with E-state index in [4.69, 9.17) is 9.73 Å². The van der Waals surface area contributed by atoms with Crippen LogP contribution in [0.4, 0.5) is 14.9 Å². The zero-order chi connectivity index (χ0) is 22.7. The maximum Gasteiger partial charge on any atom is 0.407 e. The van der Waals surface area contributed by atoms with Crippen molar-refractivity contribution in [1.29, 1.82) is 0 Å². The average Bonchev–Trinajstić information content (AvgIpc) is 2.70. The number of nitrogens with one attached hydrogen (secondary N) is 2. The second-order valence-electron chi connectivity index (χ2n) is 8.97. The molecular weight excluding hydrogens is 397 g/mol. The number of aliphatic imine (C=N–C) groups is 1. The Morgan fingerprint density at radius 1 is 1.06 bits per heavy atom. The Morgan fingerprint density at radius 3 is 2.35 bits per heavy atom. The number of ether oxygens (including phenoxy) is 1. The molecule has 1 fully saturated rings. The number of alkyl carbamates (subject to hydrolysis) is 1. The summed E-state index contributed by atoms with van der Waals surface area (Å²) in [6.07, 6.45) is 3.62. The van der Waals surface area contributed by atoms with Gasteiger partial charge in [0.1, 0.15) is 11.4 Å². The summed E-state index contributed by atoms with van der Waals surface area (Å²) in [6, 6.07) is 6.38. The van der Waals surface area contributed by atoms with Crippen LogP contribution in [0.2, 0.25) is 0 Å². The van der Waals surface area contributed by atoms with Crippen LogP contribution in [0.1, 0.15) is 46.5 Å². The highest BCUT2D eigenvalue weighted by atomic mass is 19.1. The van der Waals surface area contributed by atoms with E-state index in [0.717, 1.165) is 70.1 Å². The minimum atomic E-state index is -0.467. The molecule has 1 amide bonds. The third-order valence-corrected chi connectivity index (χ3v) is 4.92. The van der Waals surface area contributed by atoms with Crippen molar-refractivity contribution in [3.8, 4) is 0 Å². The van der Waals surface area contributed by atoms with Gasteiger partial charge in [-0.2, -0.15) is 0 Å². The number of guanidine groups is 1. The Bertz CT molecular complexity index is 695. The molecule has 1 saturated heterocycles. The molecule has 0 radical (unpaired) electrons. The highest BCUT2D eigenvalue weighted by molar-refractivity contribution is 5.93. The van der Waals surface area contributed by atoms with Crippen molar-refractivity contribution in [3.63, 3.8) is 0 Å². The monoisotopic (exact) mass is 435 g/mol.